The topological polar surface area (TPSA) is 50.8 Å². The molecule has 0 radical (unpaired) electrons. The zero-order valence-corrected chi connectivity index (χ0v) is 16.3. The molecule has 0 bridgehead atoms. The molecule has 0 spiro atoms. The van der Waals surface area contributed by atoms with Crippen molar-refractivity contribution in [3.8, 4) is 17.5 Å². The Hall–Kier alpha value is -2.55. The molecule has 0 unspecified atom stereocenters. The van der Waals surface area contributed by atoms with Crippen molar-refractivity contribution in [3.63, 3.8) is 0 Å². The van der Waals surface area contributed by atoms with Gasteiger partial charge in [-0.25, -0.2) is 9.07 Å². The summed E-state index contributed by atoms with van der Waals surface area (Å²) in [5.41, 5.74) is 3.93. The van der Waals surface area contributed by atoms with E-state index in [0.29, 0.717) is 16.3 Å². The fourth-order valence-corrected chi connectivity index (χ4v) is 3.21. The standard InChI is InChI=1S/C20H16Cl2FN3O/c1-3-20-16(11-27-15-6-7-19(23)18(22)9-15)12(2)25-26(20)14-5-4-13(10-24)17(21)8-14/h4-9H,3,11H2,1-2H3. The Morgan fingerprint density at radius 1 is 1.19 bits per heavy atom. The number of nitriles is 1. The van der Waals surface area contributed by atoms with Crippen LogP contribution in [0, 0.1) is 24.1 Å². The van der Waals surface area contributed by atoms with Crippen molar-refractivity contribution in [1.29, 1.82) is 5.26 Å². The van der Waals surface area contributed by atoms with Crippen LogP contribution in [0.25, 0.3) is 5.69 Å². The van der Waals surface area contributed by atoms with Crippen molar-refractivity contribution < 1.29 is 9.13 Å². The van der Waals surface area contributed by atoms with Gasteiger partial charge in [0.15, 0.2) is 0 Å². The molecule has 0 atom stereocenters. The first-order valence-electron chi connectivity index (χ1n) is 8.29. The highest BCUT2D eigenvalue weighted by Gasteiger charge is 2.16. The number of rotatable bonds is 5. The van der Waals surface area contributed by atoms with Gasteiger partial charge in [-0.05, 0) is 43.7 Å². The SMILES string of the molecule is CCc1c(COc2ccc(F)c(Cl)c2)c(C)nn1-c1ccc(C#N)c(Cl)c1. The predicted molar refractivity (Wildman–Crippen MR) is 103 cm³/mol. The van der Waals surface area contributed by atoms with Gasteiger partial charge in [0.05, 0.1) is 32.7 Å². The van der Waals surface area contributed by atoms with Crippen molar-refractivity contribution in [1.82, 2.24) is 9.78 Å². The molecule has 1 heterocycles. The first-order chi connectivity index (χ1) is 12.9. The molecule has 0 fully saturated rings. The van der Waals surface area contributed by atoms with Gasteiger partial charge < -0.3 is 4.74 Å². The lowest BCUT2D eigenvalue weighted by molar-refractivity contribution is 0.303. The van der Waals surface area contributed by atoms with Crippen molar-refractivity contribution in [2.45, 2.75) is 26.9 Å². The highest BCUT2D eigenvalue weighted by Crippen LogP contribution is 2.26. The van der Waals surface area contributed by atoms with Gasteiger partial charge in [0, 0.05) is 11.6 Å². The van der Waals surface area contributed by atoms with Crippen LogP contribution in [0.4, 0.5) is 4.39 Å². The zero-order valence-electron chi connectivity index (χ0n) is 14.8. The number of aromatic nitrogens is 2. The highest BCUT2D eigenvalue weighted by atomic mass is 35.5. The van der Waals surface area contributed by atoms with Crippen molar-refractivity contribution >= 4 is 23.2 Å². The minimum absolute atomic E-state index is 0.0165. The maximum absolute atomic E-state index is 13.3. The van der Waals surface area contributed by atoms with E-state index in [4.69, 9.17) is 33.2 Å². The Balaban J connectivity index is 1.92. The van der Waals surface area contributed by atoms with Gasteiger partial charge >= 0.3 is 0 Å². The average molecular weight is 404 g/mol. The fourth-order valence-electron chi connectivity index (χ4n) is 2.82. The summed E-state index contributed by atoms with van der Waals surface area (Å²) in [4.78, 5) is 0. The fraction of sp³-hybridized carbons (Fsp3) is 0.200. The van der Waals surface area contributed by atoms with E-state index in [1.54, 1.807) is 22.9 Å². The molecular formula is C20H16Cl2FN3O. The molecule has 3 aromatic rings. The summed E-state index contributed by atoms with van der Waals surface area (Å²) in [5.74, 6) is -0.00280. The molecule has 138 valence electrons. The van der Waals surface area contributed by atoms with Crippen LogP contribution >= 0.6 is 23.2 Å². The van der Waals surface area contributed by atoms with Crippen molar-refractivity contribution in [2.75, 3.05) is 0 Å². The first kappa shape index (κ1) is 19.2. The molecule has 0 aliphatic rings. The average Bonchev–Trinajstić information content (AvgIpc) is 2.98. The molecule has 1 aromatic heterocycles. The number of hydrogen-bond acceptors (Lipinski definition) is 3. The summed E-state index contributed by atoms with van der Waals surface area (Å²) in [7, 11) is 0. The third-order valence-corrected chi connectivity index (χ3v) is 4.82. The number of aryl methyl sites for hydroxylation is 1. The Labute approximate surface area is 166 Å². The van der Waals surface area contributed by atoms with Crippen LogP contribution in [-0.2, 0) is 13.0 Å². The van der Waals surface area contributed by atoms with Crippen LogP contribution in [0.5, 0.6) is 5.75 Å². The maximum Gasteiger partial charge on any atom is 0.142 e. The molecule has 0 amide bonds. The van der Waals surface area contributed by atoms with Gasteiger partial charge in [0.25, 0.3) is 0 Å². The van der Waals surface area contributed by atoms with E-state index in [2.05, 4.69) is 5.10 Å². The Bertz CT molecular complexity index is 1040. The number of halogens is 3. The van der Waals surface area contributed by atoms with Crippen molar-refractivity contribution in [2.24, 2.45) is 0 Å². The molecule has 0 N–H and O–H groups in total. The van der Waals surface area contributed by atoms with Crippen LogP contribution in [-0.4, -0.2) is 9.78 Å². The molecule has 4 nitrogen and oxygen atoms in total. The van der Waals surface area contributed by atoms with Gasteiger partial charge in [0.2, 0.25) is 0 Å². The Morgan fingerprint density at radius 3 is 2.59 bits per heavy atom. The largest absolute Gasteiger partial charge is 0.489 e. The van der Waals surface area contributed by atoms with Gasteiger partial charge in [-0.1, -0.05) is 30.1 Å². The summed E-state index contributed by atoms with van der Waals surface area (Å²) in [5, 5.41) is 14.0. The summed E-state index contributed by atoms with van der Waals surface area (Å²) in [6.45, 7) is 4.20. The second-order valence-corrected chi connectivity index (χ2v) is 6.73. The second kappa shape index (κ2) is 7.99. The van der Waals surface area contributed by atoms with E-state index in [1.165, 1.54) is 18.2 Å². The zero-order chi connectivity index (χ0) is 19.6. The Kier molecular flexibility index (Phi) is 5.69. The van der Waals surface area contributed by atoms with Crippen LogP contribution in [0.3, 0.4) is 0 Å². The molecule has 0 saturated heterocycles. The Morgan fingerprint density at radius 2 is 1.96 bits per heavy atom. The molecule has 2 aromatic carbocycles. The van der Waals surface area contributed by atoms with Gasteiger partial charge in [0.1, 0.15) is 24.2 Å². The van der Waals surface area contributed by atoms with E-state index in [-0.39, 0.29) is 11.6 Å². The second-order valence-electron chi connectivity index (χ2n) is 5.92. The predicted octanol–water partition coefficient (Wildman–Crippen LogP) is 5.64. The van der Waals surface area contributed by atoms with E-state index in [1.807, 2.05) is 19.9 Å². The lowest BCUT2D eigenvalue weighted by atomic mass is 10.1. The van der Waals surface area contributed by atoms with Gasteiger partial charge in [-0.15, -0.1) is 0 Å². The molecule has 3 rings (SSSR count). The molecular weight excluding hydrogens is 388 g/mol. The molecule has 0 aliphatic carbocycles. The minimum atomic E-state index is -0.486. The van der Waals surface area contributed by atoms with E-state index in [9.17, 15) is 4.39 Å². The third-order valence-electron chi connectivity index (χ3n) is 4.22. The first-order valence-corrected chi connectivity index (χ1v) is 9.05. The van der Waals surface area contributed by atoms with Crippen LogP contribution in [0.15, 0.2) is 36.4 Å². The van der Waals surface area contributed by atoms with Crippen LogP contribution in [0.1, 0.15) is 29.4 Å². The lowest BCUT2D eigenvalue weighted by Gasteiger charge is -2.10. The number of benzene rings is 2. The molecule has 27 heavy (non-hydrogen) atoms. The number of ether oxygens (including phenoxy) is 1. The van der Waals surface area contributed by atoms with Crippen molar-refractivity contribution in [3.05, 3.63) is 74.8 Å². The summed E-state index contributed by atoms with van der Waals surface area (Å²) in [6.07, 6.45) is 0.724. The normalized spacial score (nSPS) is 10.7. The summed E-state index contributed by atoms with van der Waals surface area (Å²) in [6, 6.07) is 11.5. The number of nitrogens with zero attached hydrogens (tertiary/aromatic N) is 3. The van der Waals surface area contributed by atoms with Gasteiger partial charge in [-0.3, -0.25) is 0 Å². The summed E-state index contributed by atoms with van der Waals surface area (Å²) >= 11 is 12.0. The van der Waals surface area contributed by atoms with Crippen LogP contribution in [0.2, 0.25) is 10.0 Å². The monoisotopic (exact) mass is 403 g/mol. The lowest BCUT2D eigenvalue weighted by Crippen LogP contribution is -2.05. The molecule has 0 aliphatic heterocycles. The highest BCUT2D eigenvalue weighted by molar-refractivity contribution is 6.32. The van der Waals surface area contributed by atoms with Crippen LogP contribution < -0.4 is 4.74 Å². The molecule has 7 heteroatoms. The van der Waals surface area contributed by atoms with E-state index in [0.717, 1.165) is 29.1 Å². The van der Waals surface area contributed by atoms with E-state index < -0.39 is 5.82 Å². The maximum atomic E-state index is 13.3. The molecule has 0 saturated carbocycles. The summed E-state index contributed by atoms with van der Waals surface area (Å²) < 4.78 is 20.9. The van der Waals surface area contributed by atoms with Gasteiger partial charge in [-0.2, -0.15) is 10.4 Å². The van der Waals surface area contributed by atoms with E-state index >= 15 is 0 Å². The minimum Gasteiger partial charge on any atom is -0.489 e. The quantitative estimate of drug-likeness (QED) is 0.553. The number of hydrogen-bond donors (Lipinski definition) is 0. The third kappa shape index (κ3) is 3.92. The smallest absolute Gasteiger partial charge is 0.142 e.